The van der Waals surface area contributed by atoms with E-state index in [4.69, 9.17) is 10.5 Å². The van der Waals surface area contributed by atoms with Gasteiger partial charge in [-0.2, -0.15) is 0 Å². The molecule has 7 heteroatoms. The standard InChI is InChI=1S/C12H19N3O3S/c1-9(10-4-5-18-8-10)15-19(16,17)12-3-2-11(6-13)14-7-12/h2-3,7,9-10,15H,4-6,8,13H2,1H3. The van der Waals surface area contributed by atoms with Crippen LogP contribution in [0, 0.1) is 5.92 Å². The molecule has 6 nitrogen and oxygen atoms in total. The molecule has 1 aliphatic rings. The van der Waals surface area contributed by atoms with Crippen LogP contribution in [0.1, 0.15) is 19.0 Å². The van der Waals surface area contributed by atoms with Gasteiger partial charge in [0.2, 0.25) is 10.0 Å². The van der Waals surface area contributed by atoms with Crippen molar-refractivity contribution < 1.29 is 13.2 Å². The summed E-state index contributed by atoms with van der Waals surface area (Å²) in [7, 11) is -3.53. The molecule has 1 aliphatic heterocycles. The van der Waals surface area contributed by atoms with Crippen molar-refractivity contribution in [1.82, 2.24) is 9.71 Å². The highest BCUT2D eigenvalue weighted by Gasteiger charge is 2.26. The number of sulfonamides is 1. The van der Waals surface area contributed by atoms with Crippen LogP contribution in [0.5, 0.6) is 0 Å². The van der Waals surface area contributed by atoms with Gasteiger partial charge in [0.1, 0.15) is 4.90 Å². The van der Waals surface area contributed by atoms with Crippen molar-refractivity contribution in [3.05, 3.63) is 24.0 Å². The largest absolute Gasteiger partial charge is 0.381 e. The zero-order valence-corrected chi connectivity index (χ0v) is 11.7. The van der Waals surface area contributed by atoms with Gasteiger partial charge in [0.25, 0.3) is 0 Å². The van der Waals surface area contributed by atoms with Gasteiger partial charge in [-0.1, -0.05) is 0 Å². The Bertz CT molecular complexity index is 510. The molecular weight excluding hydrogens is 266 g/mol. The average molecular weight is 285 g/mol. The summed E-state index contributed by atoms with van der Waals surface area (Å²) in [6, 6.07) is 2.99. The van der Waals surface area contributed by atoms with E-state index in [1.54, 1.807) is 6.07 Å². The summed E-state index contributed by atoms with van der Waals surface area (Å²) in [4.78, 5) is 4.16. The zero-order chi connectivity index (χ0) is 13.9. The number of hydrogen-bond donors (Lipinski definition) is 2. The first-order valence-corrected chi connectivity index (χ1v) is 7.76. The third kappa shape index (κ3) is 3.50. The molecule has 106 valence electrons. The number of ether oxygens (including phenoxy) is 1. The van der Waals surface area contributed by atoms with Crippen molar-refractivity contribution in [1.29, 1.82) is 0 Å². The van der Waals surface area contributed by atoms with E-state index in [1.165, 1.54) is 12.3 Å². The third-order valence-corrected chi connectivity index (χ3v) is 4.87. The summed E-state index contributed by atoms with van der Waals surface area (Å²) >= 11 is 0. The predicted octanol–water partition coefficient (Wildman–Crippen LogP) is 0.244. The summed E-state index contributed by atoms with van der Waals surface area (Å²) < 4.78 is 32.3. The van der Waals surface area contributed by atoms with Crippen LogP contribution in [-0.4, -0.2) is 32.7 Å². The van der Waals surface area contributed by atoms with Crippen molar-refractivity contribution in [2.24, 2.45) is 11.7 Å². The van der Waals surface area contributed by atoms with Crippen LogP contribution in [0.3, 0.4) is 0 Å². The van der Waals surface area contributed by atoms with Gasteiger partial charge in [-0.25, -0.2) is 13.1 Å². The van der Waals surface area contributed by atoms with Crippen LogP contribution in [0.25, 0.3) is 0 Å². The average Bonchev–Trinajstić information content (AvgIpc) is 2.92. The first-order chi connectivity index (χ1) is 9.03. The second kappa shape index (κ2) is 5.96. The Morgan fingerprint density at radius 2 is 2.37 bits per heavy atom. The molecule has 0 bridgehead atoms. The van der Waals surface area contributed by atoms with Gasteiger partial charge in [0, 0.05) is 31.3 Å². The van der Waals surface area contributed by atoms with Crippen molar-refractivity contribution in [2.75, 3.05) is 13.2 Å². The summed E-state index contributed by atoms with van der Waals surface area (Å²) in [5.74, 6) is 0.228. The van der Waals surface area contributed by atoms with E-state index in [1.807, 2.05) is 6.92 Å². The first-order valence-electron chi connectivity index (χ1n) is 6.28. The number of nitrogens with two attached hydrogens (primary N) is 1. The molecule has 19 heavy (non-hydrogen) atoms. The molecule has 2 rings (SSSR count). The van der Waals surface area contributed by atoms with Crippen LogP contribution in [0.15, 0.2) is 23.2 Å². The maximum absolute atomic E-state index is 12.2. The molecule has 1 saturated heterocycles. The van der Waals surface area contributed by atoms with Gasteiger partial charge in [0.05, 0.1) is 12.3 Å². The molecule has 3 N–H and O–H groups in total. The van der Waals surface area contributed by atoms with E-state index < -0.39 is 10.0 Å². The Kier molecular flexibility index (Phi) is 4.51. The van der Waals surface area contributed by atoms with E-state index in [9.17, 15) is 8.42 Å². The van der Waals surface area contributed by atoms with Gasteiger partial charge >= 0.3 is 0 Å². The lowest BCUT2D eigenvalue weighted by atomic mass is 10.0. The van der Waals surface area contributed by atoms with Crippen LogP contribution in [-0.2, 0) is 21.3 Å². The van der Waals surface area contributed by atoms with E-state index in [0.29, 0.717) is 25.5 Å². The topological polar surface area (TPSA) is 94.3 Å². The minimum Gasteiger partial charge on any atom is -0.381 e. The summed E-state index contributed by atoms with van der Waals surface area (Å²) in [6.07, 6.45) is 2.22. The fourth-order valence-electron chi connectivity index (χ4n) is 2.05. The minimum atomic E-state index is -3.53. The Morgan fingerprint density at radius 1 is 1.58 bits per heavy atom. The fourth-order valence-corrected chi connectivity index (χ4v) is 3.30. The smallest absolute Gasteiger partial charge is 0.242 e. The molecule has 0 radical (unpaired) electrons. The number of aromatic nitrogens is 1. The predicted molar refractivity (Wildman–Crippen MR) is 70.8 cm³/mol. The molecule has 2 unspecified atom stereocenters. The third-order valence-electron chi connectivity index (χ3n) is 3.33. The highest BCUT2D eigenvalue weighted by molar-refractivity contribution is 7.89. The molecule has 1 aromatic heterocycles. The lowest BCUT2D eigenvalue weighted by molar-refractivity contribution is 0.180. The lowest BCUT2D eigenvalue weighted by Crippen LogP contribution is -2.38. The molecule has 0 aromatic carbocycles. The van der Waals surface area contributed by atoms with E-state index in [0.717, 1.165) is 6.42 Å². The van der Waals surface area contributed by atoms with Gasteiger partial charge in [-0.3, -0.25) is 4.98 Å². The zero-order valence-electron chi connectivity index (χ0n) is 10.9. The molecule has 2 heterocycles. The highest BCUT2D eigenvalue weighted by atomic mass is 32.2. The van der Waals surface area contributed by atoms with Crippen LogP contribution in [0.4, 0.5) is 0 Å². The van der Waals surface area contributed by atoms with Crippen molar-refractivity contribution in [3.63, 3.8) is 0 Å². The minimum absolute atomic E-state index is 0.151. The maximum atomic E-state index is 12.2. The number of pyridine rings is 1. The molecule has 0 saturated carbocycles. The summed E-state index contributed by atoms with van der Waals surface area (Å²) in [5.41, 5.74) is 6.09. The molecule has 0 aliphatic carbocycles. The van der Waals surface area contributed by atoms with Crippen LogP contribution < -0.4 is 10.5 Å². The number of rotatable bonds is 5. The second-order valence-corrected chi connectivity index (χ2v) is 6.44. The summed E-state index contributed by atoms with van der Waals surface area (Å²) in [6.45, 7) is 3.46. The molecule has 0 amide bonds. The molecule has 2 atom stereocenters. The number of nitrogens with zero attached hydrogens (tertiary/aromatic N) is 1. The fraction of sp³-hybridized carbons (Fsp3) is 0.583. The van der Waals surface area contributed by atoms with Gasteiger partial charge in [-0.15, -0.1) is 0 Å². The second-order valence-electron chi connectivity index (χ2n) is 4.72. The quantitative estimate of drug-likeness (QED) is 0.808. The first kappa shape index (κ1) is 14.4. The maximum Gasteiger partial charge on any atom is 0.242 e. The van der Waals surface area contributed by atoms with Crippen molar-refractivity contribution in [3.8, 4) is 0 Å². The lowest BCUT2D eigenvalue weighted by Gasteiger charge is -2.19. The van der Waals surface area contributed by atoms with Gasteiger partial charge < -0.3 is 10.5 Å². The van der Waals surface area contributed by atoms with Crippen molar-refractivity contribution >= 4 is 10.0 Å². The molecule has 1 fully saturated rings. The van der Waals surface area contributed by atoms with E-state index in [2.05, 4.69) is 9.71 Å². The van der Waals surface area contributed by atoms with Gasteiger partial charge in [0.15, 0.2) is 0 Å². The molecule has 0 spiro atoms. The Morgan fingerprint density at radius 3 is 2.89 bits per heavy atom. The monoisotopic (exact) mass is 285 g/mol. The van der Waals surface area contributed by atoms with Gasteiger partial charge in [-0.05, 0) is 25.5 Å². The Labute approximate surface area is 113 Å². The molecule has 1 aromatic rings. The highest BCUT2D eigenvalue weighted by Crippen LogP contribution is 2.18. The Hall–Kier alpha value is -1.02. The van der Waals surface area contributed by atoms with Crippen LogP contribution in [0.2, 0.25) is 0 Å². The number of hydrogen-bond acceptors (Lipinski definition) is 5. The van der Waals surface area contributed by atoms with Crippen molar-refractivity contribution in [2.45, 2.75) is 30.8 Å². The molecular formula is C12H19N3O3S. The van der Waals surface area contributed by atoms with Crippen LogP contribution >= 0.6 is 0 Å². The SMILES string of the molecule is CC(NS(=O)(=O)c1ccc(CN)nc1)C1CCOC1. The Balaban J connectivity index is 2.08. The number of nitrogens with one attached hydrogen (secondary N) is 1. The van der Waals surface area contributed by atoms with E-state index in [-0.39, 0.29) is 16.9 Å². The normalized spacial score (nSPS) is 21.5. The van der Waals surface area contributed by atoms with E-state index >= 15 is 0 Å². The summed E-state index contributed by atoms with van der Waals surface area (Å²) in [5, 5.41) is 0.